The van der Waals surface area contributed by atoms with Gasteiger partial charge in [-0.25, -0.2) is 9.78 Å². The van der Waals surface area contributed by atoms with Crippen LogP contribution in [0.4, 0.5) is 27.5 Å². The number of carbonyl (C=O) groups excluding carboxylic acids is 1. The lowest BCUT2D eigenvalue weighted by molar-refractivity contribution is 0.215. The van der Waals surface area contributed by atoms with Gasteiger partial charge in [0.05, 0.1) is 27.4 Å². The largest absolute Gasteiger partial charge is 0.417 e. The third-order valence-corrected chi connectivity index (χ3v) is 5.44. The van der Waals surface area contributed by atoms with E-state index in [4.69, 9.17) is 27.1 Å². The van der Waals surface area contributed by atoms with Crippen molar-refractivity contribution in [3.8, 4) is 5.75 Å². The normalized spacial score (nSPS) is 10.8. The zero-order valence-electron chi connectivity index (χ0n) is 17.4. The highest BCUT2D eigenvalue weighted by molar-refractivity contribution is 6.33. The average Bonchev–Trinajstić information content (AvgIpc) is 2.80. The smallest absolute Gasteiger partial charge is 0.410 e. The van der Waals surface area contributed by atoms with Crippen molar-refractivity contribution in [3.63, 3.8) is 0 Å². The standard InChI is InChI=1S/C26H19ClN4O2/c27-21-9-3-6-12-24(21)31-26(32)33-18-14-16(28)13-17(15-18)29-25-19-7-1-4-10-22(19)30-23-11-5-2-8-20(23)25/h1-15H,28H2,(H,29,30)(H,31,32). The highest BCUT2D eigenvalue weighted by atomic mass is 35.5. The molecule has 7 heteroatoms. The molecule has 4 N–H and O–H groups in total. The van der Waals surface area contributed by atoms with Gasteiger partial charge in [0.2, 0.25) is 0 Å². The van der Waals surface area contributed by atoms with E-state index in [0.717, 1.165) is 27.5 Å². The number of hydrogen-bond acceptors (Lipinski definition) is 5. The van der Waals surface area contributed by atoms with Crippen molar-refractivity contribution >= 4 is 62.2 Å². The van der Waals surface area contributed by atoms with Gasteiger partial charge in [0.25, 0.3) is 0 Å². The van der Waals surface area contributed by atoms with Crippen LogP contribution in [-0.4, -0.2) is 11.1 Å². The van der Waals surface area contributed by atoms with Gasteiger partial charge in [-0.1, -0.05) is 60.1 Å². The maximum absolute atomic E-state index is 12.4. The van der Waals surface area contributed by atoms with Crippen LogP contribution in [-0.2, 0) is 0 Å². The Bertz CT molecular complexity index is 1450. The maximum Gasteiger partial charge on any atom is 0.417 e. The van der Waals surface area contributed by atoms with Gasteiger partial charge >= 0.3 is 6.09 Å². The first kappa shape index (κ1) is 20.6. The number of hydrogen-bond donors (Lipinski definition) is 3. The van der Waals surface area contributed by atoms with Crippen LogP contribution in [0.1, 0.15) is 0 Å². The molecule has 0 atom stereocenters. The lowest BCUT2D eigenvalue weighted by Crippen LogP contribution is -2.17. The first-order chi connectivity index (χ1) is 16.1. The van der Waals surface area contributed by atoms with E-state index in [0.29, 0.717) is 27.8 Å². The van der Waals surface area contributed by atoms with E-state index >= 15 is 0 Å². The molecule has 0 unspecified atom stereocenters. The van der Waals surface area contributed by atoms with Crippen molar-refractivity contribution in [2.75, 3.05) is 16.4 Å². The summed E-state index contributed by atoms with van der Waals surface area (Å²) in [5.41, 5.74) is 10.3. The van der Waals surface area contributed by atoms with Crippen molar-refractivity contribution in [3.05, 3.63) is 96.0 Å². The van der Waals surface area contributed by atoms with Crippen LogP contribution >= 0.6 is 11.6 Å². The Labute approximate surface area is 195 Å². The number of fused-ring (bicyclic) bond motifs is 2. The minimum atomic E-state index is -0.667. The number of nitrogens with one attached hydrogen (secondary N) is 2. The Balaban J connectivity index is 1.47. The highest BCUT2D eigenvalue weighted by Gasteiger charge is 2.12. The van der Waals surface area contributed by atoms with E-state index in [1.807, 2.05) is 48.5 Å². The number of pyridine rings is 1. The van der Waals surface area contributed by atoms with Gasteiger partial charge < -0.3 is 15.8 Å². The zero-order chi connectivity index (χ0) is 22.8. The number of rotatable bonds is 4. The minimum Gasteiger partial charge on any atom is -0.410 e. The van der Waals surface area contributed by atoms with Crippen molar-refractivity contribution in [2.45, 2.75) is 0 Å². The Morgan fingerprint density at radius 1 is 0.848 bits per heavy atom. The van der Waals surface area contributed by atoms with Crippen molar-refractivity contribution in [1.82, 2.24) is 4.98 Å². The van der Waals surface area contributed by atoms with Gasteiger partial charge in [-0.3, -0.25) is 5.32 Å². The Hall–Kier alpha value is -4.29. The van der Waals surface area contributed by atoms with Crippen LogP contribution in [0.3, 0.4) is 0 Å². The fraction of sp³-hybridized carbons (Fsp3) is 0. The molecule has 1 amide bonds. The van der Waals surface area contributed by atoms with Crippen molar-refractivity contribution in [1.29, 1.82) is 0 Å². The van der Waals surface area contributed by atoms with E-state index in [-0.39, 0.29) is 0 Å². The molecule has 0 fully saturated rings. The van der Waals surface area contributed by atoms with Crippen molar-refractivity contribution in [2.24, 2.45) is 0 Å². The number of carbonyl (C=O) groups is 1. The summed E-state index contributed by atoms with van der Waals surface area (Å²) in [6.45, 7) is 0. The second-order valence-electron chi connectivity index (χ2n) is 7.43. The van der Waals surface area contributed by atoms with Gasteiger partial charge in [-0.05, 0) is 30.3 Å². The van der Waals surface area contributed by atoms with E-state index in [1.54, 1.807) is 42.5 Å². The number of anilines is 4. The molecule has 1 heterocycles. The molecule has 0 saturated carbocycles. The van der Waals surface area contributed by atoms with E-state index in [9.17, 15) is 4.79 Å². The summed E-state index contributed by atoms with van der Waals surface area (Å²) >= 11 is 6.10. The monoisotopic (exact) mass is 454 g/mol. The molecule has 162 valence electrons. The second-order valence-corrected chi connectivity index (χ2v) is 7.84. The zero-order valence-corrected chi connectivity index (χ0v) is 18.1. The number of nitrogens with two attached hydrogens (primary N) is 1. The molecular formula is C26H19ClN4O2. The average molecular weight is 455 g/mol. The van der Waals surface area contributed by atoms with Crippen LogP contribution < -0.4 is 21.1 Å². The van der Waals surface area contributed by atoms with Crippen LogP contribution in [0, 0.1) is 0 Å². The second kappa shape index (κ2) is 8.68. The molecule has 5 aromatic rings. The third kappa shape index (κ3) is 4.37. The van der Waals surface area contributed by atoms with Gasteiger partial charge in [0, 0.05) is 34.3 Å². The fourth-order valence-electron chi connectivity index (χ4n) is 3.68. The van der Waals surface area contributed by atoms with Gasteiger partial charge in [0.1, 0.15) is 5.75 Å². The number of aromatic nitrogens is 1. The topological polar surface area (TPSA) is 89.3 Å². The summed E-state index contributed by atoms with van der Waals surface area (Å²) in [5.74, 6) is 0.296. The summed E-state index contributed by atoms with van der Waals surface area (Å²) in [5, 5.41) is 8.44. The summed E-state index contributed by atoms with van der Waals surface area (Å²) in [4.78, 5) is 17.2. The predicted molar refractivity (Wildman–Crippen MR) is 134 cm³/mol. The lowest BCUT2D eigenvalue weighted by Gasteiger charge is -2.15. The molecule has 1 aromatic heterocycles. The number of benzene rings is 4. The minimum absolute atomic E-state index is 0.296. The summed E-state index contributed by atoms with van der Waals surface area (Å²) < 4.78 is 5.47. The molecule has 0 aliphatic carbocycles. The molecule has 0 radical (unpaired) electrons. The van der Waals surface area contributed by atoms with Crippen molar-refractivity contribution < 1.29 is 9.53 Å². The van der Waals surface area contributed by atoms with Crippen LogP contribution in [0.25, 0.3) is 21.8 Å². The third-order valence-electron chi connectivity index (χ3n) is 5.11. The number of nitrogens with zero attached hydrogens (tertiary/aromatic N) is 1. The van der Waals surface area contributed by atoms with E-state index in [2.05, 4.69) is 10.6 Å². The molecular weight excluding hydrogens is 436 g/mol. The number of nitrogen functional groups attached to an aromatic ring is 1. The van der Waals surface area contributed by atoms with Crippen LogP contribution in [0.15, 0.2) is 91.0 Å². The molecule has 0 aliphatic rings. The maximum atomic E-state index is 12.4. The Morgan fingerprint density at radius 2 is 1.48 bits per heavy atom. The number of para-hydroxylation sites is 3. The summed E-state index contributed by atoms with van der Waals surface area (Å²) in [6.07, 6.45) is -0.667. The number of amides is 1. The number of halogens is 1. The lowest BCUT2D eigenvalue weighted by atomic mass is 10.1. The first-order valence-electron chi connectivity index (χ1n) is 10.3. The summed E-state index contributed by atoms with van der Waals surface area (Å²) in [6, 6.07) is 27.8. The molecule has 33 heavy (non-hydrogen) atoms. The molecule has 0 bridgehead atoms. The Kier molecular flexibility index (Phi) is 5.42. The Morgan fingerprint density at radius 3 is 2.18 bits per heavy atom. The predicted octanol–water partition coefficient (Wildman–Crippen LogP) is 6.98. The van der Waals surface area contributed by atoms with Gasteiger partial charge in [0.15, 0.2) is 0 Å². The SMILES string of the molecule is Nc1cc(Nc2c3ccccc3nc3ccccc23)cc(OC(=O)Nc2ccccc2Cl)c1. The molecule has 0 saturated heterocycles. The quantitative estimate of drug-likeness (QED) is 0.201. The number of ether oxygens (including phenoxy) is 1. The van der Waals surface area contributed by atoms with Gasteiger partial charge in [-0.15, -0.1) is 0 Å². The molecule has 0 aliphatic heterocycles. The summed E-state index contributed by atoms with van der Waals surface area (Å²) in [7, 11) is 0. The van der Waals surface area contributed by atoms with Crippen LogP contribution in [0.2, 0.25) is 5.02 Å². The highest BCUT2D eigenvalue weighted by Crippen LogP contribution is 2.34. The molecule has 4 aromatic carbocycles. The van der Waals surface area contributed by atoms with E-state index < -0.39 is 6.09 Å². The first-order valence-corrected chi connectivity index (χ1v) is 10.6. The fourth-order valence-corrected chi connectivity index (χ4v) is 3.86. The van der Waals surface area contributed by atoms with Crippen LogP contribution in [0.5, 0.6) is 5.75 Å². The molecule has 5 rings (SSSR count). The van der Waals surface area contributed by atoms with E-state index in [1.165, 1.54) is 0 Å². The molecule has 0 spiro atoms. The van der Waals surface area contributed by atoms with Gasteiger partial charge in [-0.2, -0.15) is 0 Å². The molecule has 6 nitrogen and oxygen atoms in total.